The number of nitrogens with one attached hydrogen (secondary N) is 1. The van der Waals surface area contributed by atoms with Gasteiger partial charge in [0.2, 0.25) is 11.8 Å². The minimum absolute atomic E-state index is 0.108. The van der Waals surface area contributed by atoms with Gasteiger partial charge in [0.25, 0.3) is 0 Å². The standard InChI is InChI=1S/C64H128N2O26/c1-2-3-4-5-6-7-8-9-10-11-12-64(68)66-14-16-70-18-20-72-22-24-74-26-28-76-30-32-78-34-36-80-38-40-82-42-44-84-46-48-86-50-52-88-54-56-90-58-60-92-62-61-91-59-57-89-55-53-87-51-49-85-47-45-83-43-41-81-39-37-79-35-33-77-31-29-75-27-25-73-23-21-71-19-17-69-15-13-63(65)67/h2-62H2,1H3,(H2,65,67)(H,66,68). The second-order valence-corrected chi connectivity index (χ2v) is 20.2. The Morgan fingerprint density at radius 3 is 0.533 bits per heavy atom. The van der Waals surface area contributed by atoms with Crippen molar-refractivity contribution >= 4 is 11.8 Å². The summed E-state index contributed by atoms with van der Waals surface area (Å²) in [7, 11) is 0. The van der Waals surface area contributed by atoms with E-state index in [0.717, 1.165) is 12.8 Å². The lowest BCUT2D eigenvalue weighted by Gasteiger charge is -2.09. The maximum Gasteiger partial charge on any atom is 0.220 e. The van der Waals surface area contributed by atoms with Gasteiger partial charge in [-0.05, 0) is 6.42 Å². The van der Waals surface area contributed by atoms with Gasteiger partial charge in [-0.15, -0.1) is 0 Å². The molecule has 0 saturated carbocycles. The predicted molar refractivity (Wildman–Crippen MR) is 343 cm³/mol. The Kier molecular flexibility index (Phi) is 83.2. The Balaban J connectivity index is 3.11. The third-order valence-corrected chi connectivity index (χ3v) is 12.4. The van der Waals surface area contributed by atoms with Gasteiger partial charge >= 0.3 is 0 Å². The molecule has 0 heterocycles. The van der Waals surface area contributed by atoms with Crippen LogP contribution in [0.3, 0.4) is 0 Å². The summed E-state index contributed by atoms with van der Waals surface area (Å²) in [5.74, 6) is -0.272. The van der Waals surface area contributed by atoms with E-state index in [-0.39, 0.29) is 18.2 Å². The summed E-state index contributed by atoms with van der Waals surface area (Å²) in [6.07, 6.45) is 13.5. The fraction of sp³-hybridized carbons (Fsp3) is 0.969. The van der Waals surface area contributed by atoms with Crippen molar-refractivity contribution < 1.29 is 123 Å². The van der Waals surface area contributed by atoms with Crippen molar-refractivity contribution in [1.82, 2.24) is 5.32 Å². The predicted octanol–water partition coefficient (Wildman–Crippen LogP) is 3.69. The average Bonchev–Trinajstić information content (AvgIpc) is 3.61. The zero-order valence-electron chi connectivity index (χ0n) is 56.8. The third kappa shape index (κ3) is 86.0. The zero-order chi connectivity index (χ0) is 66.0. The molecule has 0 aliphatic rings. The van der Waals surface area contributed by atoms with E-state index >= 15 is 0 Å². The highest BCUT2D eigenvalue weighted by molar-refractivity contribution is 5.75. The minimum atomic E-state index is -0.380. The molecule has 28 nitrogen and oxygen atoms in total. The number of ether oxygens (including phenoxy) is 24. The van der Waals surface area contributed by atoms with Crippen LogP contribution in [0.1, 0.15) is 84.0 Å². The van der Waals surface area contributed by atoms with Gasteiger partial charge in [-0.2, -0.15) is 0 Å². The fourth-order valence-electron chi connectivity index (χ4n) is 7.46. The molecule has 0 fully saturated rings. The molecule has 0 unspecified atom stereocenters. The highest BCUT2D eigenvalue weighted by atomic mass is 16.6. The number of hydrogen-bond acceptors (Lipinski definition) is 26. The Labute approximate surface area is 552 Å². The molecule has 550 valence electrons. The van der Waals surface area contributed by atoms with Gasteiger partial charge in [0.1, 0.15) is 0 Å². The molecule has 0 saturated heterocycles. The largest absolute Gasteiger partial charge is 0.379 e. The Bertz CT molecular complexity index is 1380. The van der Waals surface area contributed by atoms with Crippen LogP contribution in [0.15, 0.2) is 0 Å². The molecule has 0 aromatic heterocycles. The first-order chi connectivity index (χ1) is 45.7. The van der Waals surface area contributed by atoms with Gasteiger partial charge in [0.15, 0.2) is 0 Å². The zero-order valence-corrected chi connectivity index (χ0v) is 56.8. The van der Waals surface area contributed by atoms with Crippen molar-refractivity contribution in [3.8, 4) is 0 Å². The van der Waals surface area contributed by atoms with Crippen molar-refractivity contribution in [1.29, 1.82) is 0 Å². The second-order valence-electron chi connectivity index (χ2n) is 20.2. The molecule has 0 spiro atoms. The van der Waals surface area contributed by atoms with E-state index in [1.165, 1.54) is 51.4 Å². The number of carbonyl (C=O) groups is 2. The molecule has 0 bridgehead atoms. The van der Waals surface area contributed by atoms with Crippen LogP contribution >= 0.6 is 0 Å². The van der Waals surface area contributed by atoms with Crippen molar-refractivity contribution in [3.63, 3.8) is 0 Å². The average molecular weight is 1340 g/mol. The molecule has 0 aromatic rings. The molecular formula is C64H128N2O26. The van der Waals surface area contributed by atoms with Crippen LogP contribution < -0.4 is 11.1 Å². The topological polar surface area (TPSA) is 294 Å². The van der Waals surface area contributed by atoms with Crippen LogP contribution in [0.4, 0.5) is 0 Å². The Morgan fingerprint density at radius 2 is 0.359 bits per heavy atom. The second kappa shape index (κ2) is 85.1. The van der Waals surface area contributed by atoms with E-state index in [0.29, 0.717) is 330 Å². The molecule has 0 rings (SSSR count). The SMILES string of the molecule is CCCCCCCCCCCCC(=O)NCCOCCOCCOCCOCCOCCOCCOCCOCCOCCOCCOCCOCCOCCOCCOCCOCCOCCOCCOCCOCCOCCOCCOCCOCCC(N)=O. The molecule has 0 radical (unpaired) electrons. The number of carbonyl (C=O) groups excluding carboxylic acids is 2. The monoisotopic (exact) mass is 1340 g/mol. The summed E-state index contributed by atoms with van der Waals surface area (Å²) in [4.78, 5) is 22.6. The highest BCUT2D eigenvalue weighted by Gasteiger charge is 2.04. The molecule has 0 aliphatic carbocycles. The van der Waals surface area contributed by atoms with Crippen LogP contribution in [-0.2, 0) is 123 Å². The minimum Gasteiger partial charge on any atom is -0.379 e. The third-order valence-electron chi connectivity index (χ3n) is 12.4. The van der Waals surface area contributed by atoms with E-state index in [4.69, 9.17) is 119 Å². The number of rotatable bonds is 86. The van der Waals surface area contributed by atoms with Crippen molar-refractivity contribution in [3.05, 3.63) is 0 Å². The van der Waals surface area contributed by atoms with Gasteiger partial charge in [-0.25, -0.2) is 0 Å². The molecular weight excluding hydrogens is 1210 g/mol. The van der Waals surface area contributed by atoms with E-state index in [1.807, 2.05) is 0 Å². The number of hydrogen-bond donors (Lipinski definition) is 2. The molecule has 2 amide bonds. The van der Waals surface area contributed by atoms with Crippen molar-refractivity contribution in [2.45, 2.75) is 84.0 Å². The van der Waals surface area contributed by atoms with Crippen LogP contribution in [-0.4, -0.2) is 335 Å². The van der Waals surface area contributed by atoms with E-state index in [1.54, 1.807) is 0 Å². The van der Waals surface area contributed by atoms with Crippen molar-refractivity contribution in [2.75, 3.05) is 324 Å². The normalized spacial score (nSPS) is 11.7. The van der Waals surface area contributed by atoms with Gasteiger partial charge in [0, 0.05) is 19.4 Å². The van der Waals surface area contributed by atoms with Crippen LogP contribution in [0, 0.1) is 0 Å². The molecule has 3 N–H and O–H groups in total. The Hall–Kier alpha value is -2.02. The fourth-order valence-corrected chi connectivity index (χ4v) is 7.46. The van der Waals surface area contributed by atoms with E-state index in [2.05, 4.69) is 12.2 Å². The van der Waals surface area contributed by atoms with E-state index < -0.39 is 0 Å². The van der Waals surface area contributed by atoms with Crippen LogP contribution in [0.25, 0.3) is 0 Å². The van der Waals surface area contributed by atoms with Gasteiger partial charge in [-0.3, -0.25) is 9.59 Å². The van der Waals surface area contributed by atoms with Gasteiger partial charge < -0.3 is 125 Å². The van der Waals surface area contributed by atoms with Gasteiger partial charge in [-0.1, -0.05) is 64.7 Å². The first kappa shape index (κ1) is 90.0. The summed E-state index contributed by atoms with van der Waals surface area (Å²) in [5.41, 5.74) is 5.04. The maximum absolute atomic E-state index is 12.0. The Morgan fingerprint density at radius 1 is 0.207 bits per heavy atom. The summed E-state index contributed by atoms with van der Waals surface area (Å²) in [6, 6.07) is 0. The molecule has 0 aromatic carbocycles. The smallest absolute Gasteiger partial charge is 0.220 e. The van der Waals surface area contributed by atoms with E-state index in [9.17, 15) is 9.59 Å². The van der Waals surface area contributed by atoms with Crippen LogP contribution in [0.5, 0.6) is 0 Å². The summed E-state index contributed by atoms with van der Waals surface area (Å²) in [5, 5.41) is 2.93. The number of amides is 2. The number of nitrogens with two attached hydrogens (primary N) is 1. The molecule has 28 heteroatoms. The highest BCUT2D eigenvalue weighted by Crippen LogP contribution is 2.11. The first-order valence-electron chi connectivity index (χ1n) is 34.1. The lowest BCUT2D eigenvalue weighted by atomic mass is 10.1. The molecule has 92 heavy (non-hydrogen) atoms. The lowest BCUT2D eigenvalue weighted by molar-refractivity contribution is -0.121. The number of primary amides is 1. The molecule has 0 atom stereocenters. The van der Waals surface area contributed by atoms with Gasteiger partial charge in [0.05, 0.1) is 317 Å². The number of unbranched alkanes of at least 4 members (excludes halogenated alkanes) is 9. The maximum atomic E-state index is 12.0. The van der Waals surface area contributed by atoms with Crippen molar-refractivity contribution in [2.24, 2.45) is 5.73 Å². The first-order valence-corrected chi connectivity index (χ1v) is 34.1. The quantitative estimate of drug-likeness (QED) is 0.0821. The molecule has 0 aliphatic heterocycles. The summed E-state index contributed by atoms with van der Waals surface area (Å²) < 4.78 is 132. The van der Waals surface area contributed by atoms with Crippen LogP contribution in [0.2, 0.25) is 0 Å². The lowest BCUT2D eigenvalue weighted by Crippen LogP contribution is -2.27. The summed E-state index contributed by atoms with van der Waals surface area (Å²) >= 11 is 0. The summed E-state index contributed by atoms with van der Waals surface area (Å²) in [6.45, 7) is 25.6.